The summed E-state index contributed by atoms with van der Waals surface area (Å²) in [6.45, 7) is 1.95. The van der Waals surface area contributed by atoms with Crippen LogP contribution in [0.3, 0.4) is 0 Å². The zero-order valence-corrected chi connectivity index (χ0v) is 18.3. The fourth-order valence-electron chi connectivity index (χ4n) is 3.94. The van der Waals surface area contributed by atoms with Gasteiger partial charge in [0, 0.05) is 29.0 Å². The van der Waals surface area contributed by atoms with Gasteiger partial charge in [0.1, 0.15) is 17.3 Å². The minimum Gasteiger partial charge on any atom is -0.457 e. The lowest BCUT2D eigenvalue weighted by Gasteiger charge is -2.24. The summed E-state index contributed by atoms with van der Waals surface area (Å²) in [5, 5.41) is 7.89. The van der Waals surface area contributed by atoms with Crippen molar-refractivity contribution in [3.8, 4) is 21.9 Å². The van der Waals surface area contributed by atoms with Gasteiger partial charge in [0.15, 0.2) is 0 Å². The van der Waals surface area contributed by atoms with Crippen molar-refractivity contribution in [2.24, 2.45) is 5.73 Å². The van der Waals surface area contributed by atoms with E-state index in [1.165, 1.54) is 0 Å². The molecule has 4 N–H and O–H groups in total. The predicted octanol–water partition coefficient (Wildman–Crippen LogP) is 5.02. The summed E-state index contributed by atoms with van der Waals surface area (Å²) in [6.07, 6.45) is 3.81. The van der Waals surface area contributed by atoms with Crippen molar-refractivity contribution in [1.29, 1.82) is 0 Å². The molecule has 2 aromatic heterocycles. The molecule has 1 fully saturated rings. The molecule has 0 unspecified atom stereocenters. The third kappa shape index (κ3) is 4.30. The van der Waals surface area contributed by atoms with Crippen LogP contribution in [0.15, 0.2) is 66.9 Å². The number of nitrogens with one attached hydrogen (secondary N) is 2. The van der Waals surface area contributed by atoms with Gasteiger partial charge in [-0.05, 0) is 67.4 Å². The highest BCUT2D eigenvalue weighted by Crippen LogP contribution is 2.39. The predicted molar refractivity (Wildman–Crippen MR) is 130 cm³/mol. The van der Waals surface area contributed by atoms with E-state index in [-0.39, 0.29) is 0 Å². The largest absolute Gasteiger partial charge is 0.457 e. The molecule has 6 nitrogen and oxygen atoms in total. The number of fused-ring (bicyclic) bond motifs is 1. The zero-order valence-electron chi connectivity index (χ0n) is 17.5. The van der Waals surface area contributed by atoms with Gasteiger partial charge < -0.3 is 21.1 Å². The second kappa shape index (κ2) is 8.98. The van der Waals surface area contributed by atoms with Crippen molar-refractivity contribution < 1.29 is 9.53 Å². The van der Waals surface area contributed by atoms with Crippen molar-refractivity contribution >= 4 is 33.1 Å². The smallest absolute Gasteiger partial charge is 0.251 e. The first kappa shape index (κ1) is 20.5. The molecular formula is C25H24N4O2S. The van der Waals surface area contributed by atoms with Crippen LogP contribution in [0.4, 0.5) is 5.82 Å². The van der Waals surface area contributed by atoms with Crippen molar-refractivity contribution in [2.75, 3.05) is 18.4 Å². The van der Waals surface area contributed by atoms with Gasteiger partial charge in [0.25, 0.3) is 5.91 Å². The Morgan fingerprint density at radius 1 is 1.12 bits per heavy atom. The lowest BCUT2D eigenvalue weighted by molar-refractivity contribution is 0.100. The number of hydrogen-bond acceptors (Lipinski definition) is 6. The van der Waals surface area contributed by atoms with E-state index in [1.54, 1.807) is 17.5 Å². The molecular weight excluding hydrogens is 420 g/mol. The van der Waals surface area contributed by atoms with Crippen LogP contribution >= 0.6 is 11.3 Å². The Morgan fingerprint density at radius 3 is 2.62 bits per heavy atom. The van der Waals surface area contributed by atoms with E-state index in [4.69, 9.17) is 10.5 Å². The Balaban J connectivity index is 1.46. The zero-order chi connectivity index (χ0) is 21.9. The first-order valence-electron chi connectivity index (χ1n) is 10.7. The number of rotatable bonds is 6. The number of amides is 1. The number of ether oxygens (including phenoxy) is 1. The number of primary amides is 1. The Labute approximate surface area is 190 Å². The summed E-state index contributed by atoms with van der Waals surface area (Å²) in [5.74, 6) is 1.90. The second-order valence-corrected chi connectivity index (χ2v) is 8.92. The van der Waals surface area contributed by atoms with Gasteiger partial charge in [-0.15, -0.1) is 11.3 Å². The van der Waals surface area contributed by atoms with Gasteiger partial charge in [0.05, 0.1) is 10.3 Å². The van der Waals surface area contributed by atoms with Crippen LogP contribution in [0.25, 0.3) is 20.5 Å². The number of pyridine rings is 1. The molecule has 1 aliphatic rings. The molecule has 1 saturated heterocycles. The number of piperidine rings is 1. The van der Waals surface area contributed by atoms with E-state index in [1.807, 2.05) is 54.6 Å². The minimum absolute atomic E-state index is 0.316. The summed E-state index contributed by atoms with van der Waals surface area (Å²) >= 11 is 1.55. The first-order valence-corrected chi connectivity index (χ1v) is 11.5. The van der Waals surface area contributed by atoms with Crippen LogP contribution in [0, 0.1) is 0 Å². The van der Waals surface area contributed by atoms with Crippen LogP contribution in [0.1, 0.15) is 23.2 Å². The topological polar surface area (TPSA) is 89.3 Å². The average molecular weight is 445 g/mol. The maximum absolute atomic E-state index is 12.0. The van der Waals surface area contributed by atoms with Crippen LogP contribution in [-0.4, -0.2) is 30.0 Å². The SMILES string of the molecule is NC(=O)c1cnc(N[C@H]2CCCNC2)c2cc(-c3ccc(Oc4ccccc4)cc3)sc12. The van der Waals surface area contributed by atoms with Crippen LogP contribution in [0.5, 0.6) is 11.5 Å². The van der Waals surface area contributed by atoms with Crippen molar-refractivity contribution in [2.45, 2.75) is 18.9 Å². The summed E-state index contributed by atoms with van der Waals surface area (Å²) in [4.78, 5) is 17.6. The van der Waals surface area contributed by atoms with E-state index < -0.39 is 5.91 Å². The molecule has 162 valence electrons. The molecule has 2 aromatic carbocycles. The number of aromatic nitrogens is 1. The third-order valence-electron chi connectivity index (χ3n) is 5.58. The number of para-hydroxylation sites is 1. The van der Waals surface area contributed by atoms with E-state index in [0.29, 0.717) is 11.6 Å². The quantitative estimate of drug-likeness (QED) is 0.389. The van der Waals surface area contributed by atoms with Crippen molar-refractivity contribution in [1.82, 2.24) is 10.3 Å². The molecule has 0 aliphatic carbocycles. The molecule has 0 saturated carbocycles. The molecule has 1 atom stereocenters. The summed E-state index contributed by atoms with van der Waals surface area (Å²) < 4.78 is 6.76. The molecule has 4 aromatic rings. The van der Waals surface area contributed by atoms with E-state index in [0.717, 1.165) is 63.8 Å². The second-order valence-electron chi connectivity index (χ2n) is 7.87. The normalized spacial score (nSPS) is 16.1. The number of anilines is 1. The lowest BCUT2D eigenvalue weighted by Crippen LogP contribution is -2.38. The number of thiophene rings is 1. The Kier molecular flexibility index (Phi) is 5.75. The number of benzene rings is 2. The summed E-state index contributed by atoms with van der Waals surface area (Å²) in [7, 11) is 0. The van der Waals surface area contributed by atoms with Crippen molar-refractivity contribution in [3.63, 3.8) is 0 Å². The molecule has 3 heterocycles. The van der Waals surface area contributed by atoms with E-state index >= 15 is 0 Å². The van der Waals surface area contributed by atoms with Gasteiger partial charge in [-0.2, -0.15) is 0 Å². The summed E-state index contributed by atoms with van der Waals surface area (Å²) in [5.41, 5.74) is 7.14. The molecule has 1 amide bonds. The number of carbonyl (C=O) groups excluding carboxylic acids is 1. The van der Waals surface area contributed by atoms with Gasteiger partial charge in [-0.25, -0.2) is 4.98 Å². The van der Waals surface area contributed by atoms with Crippen LogP contribution in [-0.2, 0) is 0 Å². The Morgan fingerprint density at radius 2 is 1.91 bits per heavy atom. The average Bonchev–Trinajstić information content (AvgIpc) is 3.27. The lowest BCUT2D eigenvalue weighted by atomic mass is 10.1. The van der Waals surface area contributed by atoms with Crippen LogP contribution < -0.4 is 21.1 Å². The van der Waals surface area contributed by atoms with Gasteiger partial charge in [0.2, 0.25) is 0 Å². The van der Waals surface area contributed by atoms with E-state index in [2.05, 4.69) is 21.7 Å². The third-order valence-corrected chi connectivity index (χ3v) is 6.79. The number of hydrogen-bond donors (Lipinski definition) is 3. The Bertz CT molecular complexity index is 1230. The van der Waals surface area contributed by atoms with Gasteiger partial charge >= 0.3 is 0 Å². The highest BCUT2D eigenvalue weighted by atomic mass is 32.1. The highest BCUT2D eigenvalue weighted by molar-refractivity contribution is 7.22. The van der Waals surface area contributed by atoms with Crippen LogP contribution in [0.2, 0.25) is 0 Å². The number of carbonyl (C=O) groups is 1. The number of nitrogens with zero attached hydrogens (tertiary/aromatic N) is 1. The number of nitrogens with two attached hydrogens (primary N) is 1. The molecule has 0 bridgehead atoms. The molecule has 0 radical (unpaired) electrons. The fourth-order valence-corrected chi connectivity index (χ4v) is 5.12. The molecule has 32 heavy (non-hydrogen) atoms. The molecule has 1 aliphatic heterocycles. The minimum atomic E-state index is -0.464. The highest BCUT2D eigenvalue weighted by Gasteiger charge is 2.19. The van der Waals surface area contributed by atoms with Gasteiger partial charge in [-0.1, -0.05) is 18.2 Å². The molecule has 0 spiro atoms. The first-order chi connectivity index (χ1) is 15.7. The standard InChI is InChI=1S/C25H24N4O2S/c26-24(30)21-15-28-25(29-17-5-4-12-27-14-17)20-13-22(32-23(20)21)16-8-10-19(11-9-16)31-18-6-2-1-3-7-18/h1-3,6-11,13,15,17,27H,4-5,12,14H2,(H2,26,30)(H,28,29)/t17-/m0/s1. The summed E-state index contributed by atoms with van der Waals surface area (Å²) in [6, 6.07) is 20.1. The van der Waals surface area contributed by atoms with Gasteiger partial charge in [-0.3, -0.25) is 4.79 Å². The Hall–Kier alpha value is -3.42. The fraction of sp³-hybridized carbons (Fsp3) is 0.200. The molecule has 5 rings (SSSR count). The maximum atomic E-state index is 12.0. The molecule has 7 heteroatoms. The maximum Gasteiger partial charge on any atom is 0.251 e. The monoisotopic (exact) mass is 444 g/mol. The van der Waals surface area contributed by atoms with E-state index in [9.17, 15) is 4.79 Å². The van der Waals surface area contributed by atoms with Crippen molar-refractivity contribution in [3.05, 3.63) is 72.4 Å².